The van der Waals surface area contributed by atoms with Crippen LogP contribution in [0.4, 0.5) is 5.69 Å². The van der Waals surface area contributed by atoms with Crippen LogP contribution in [0.2, 0.25) is 10.0 Å². The number of halogens is 2. The molecule has 3 N–H and O–H groups in total. The number of furan rings is 1. The second-order valence-electron chi connectivity index (χ2n) is 7.37. The number of carbonyl (C=O) groups excluding carboxylic acids is 1. The van der Waals surface area contributed by atoms with Crippen LogP contribution in [0.5, 0.6) is 0 Å². The molecule has 1 heterocycles. The normalized spacial score (nSPS) is 10.7. The molecule has 0 unspecified atom stereocenters. The zero-order valence-corrected chi connectivity index (χ0v) is 21.3. The second kappa shape index (κ2) is 12.3. The maximum atomic E-state index is 13.4. The predicted octanol–water partition coefficient (Wildman–Crippen LogP) is 6.50. The summed E-state index contributed by atoms with van der Waals surface area (Å²) in [6.07, 6.45) is 1.69. The highest BCUT2D eigenvalue weighted by molar-refractivity contribution is 7.79. The quantitative estimate of drug-likeness (QED) is 0.108. The molecule has 4 aromatic rings. The van der Waals surface area contributed by atoms with E-state index in [9.17, 15) is 4.79 Å². The average molecular weight is 517 g/mol. The summed E-state index contributed by atoms with van der Waals surface area (Å²) >= 11 is 15.8. The van der Waals surface area contributed by atoms with Crippen LogP contribution in [0.15, 0.2) is 65.1 Å². The van der Waals surface area contributed by atoms with Gasteiger partial charge in [-0.25, -0.2) is 0 Å². The van der Waals surface area contributed by atoms with Crippen molar-refractivity contribution >= 4 is 58.3 Å². The van der Waals surface area contributed by atoms with E-state index in [2.05, 4.69) is 17.9 Å². The Labute approximate surface area is 214 Å². The van der Waals surface area contributed by atoms with Crippen molar-refractivity contribution in [3.05, 3.63) is 87.6 Å². The van der Waals surface area contributed by atoms with E-state index in [1.807, 2.05) is 42.5 Å². The van der Waals surface area contributed by atoms with E-state index in [1.165, 1.54) is 0 Å². The van der Waals surface area contributed by atoms with Crippen molar-refractivity contribution in [3.8, 4) is 11.1 Å². The fourth-order valence-electron chi connectivity index (χ4n) is 3.59. The van der Waals surface area contributed by atoms with Crippen molar-refractivity contribution in [3.63, 3.8) is 0 Å². The first-order valence-corrected chi connectivity index (χ1v) is 12.2. The highest BCUT2D eigenvalue weighted by Crippen LogP contribution is 2.33. The minimum atomic E-state index is -0.295. The van der Waals surface area contributed by atoms with Crippen LogP contribution in [-0.2, 0) is 11.3 Å². The first kappa shape index (κ1) is 26.1. The van der Waals surface area contributed by atoms with Gasteiger partial charge in [-0.2, -0.15) is 12.6 Å². The number of anilines is 1. The van der Waals surface area contributed by atoms with Crippen LogP contribution in [0.3, 0.4) is 0 Å². The van der Waals surface area contributed by atoms with Gasteiger partial charge in [0.1, 0.15) is 5.58 Å². The molecule has 178 valence electrons. The number of nitrogens with two attached hydrogens (primary N) is 1. The van der Waals surface area contributed by atoms with Crippen molar-refractivity contribution in [2.45, 2.75) is 6.54 Å². The van der Waals surface area contributed by atoms with Crippen LogP contribution in [0.1, 0.15) is 21.7 Å². The molecule has 0 radical (unpaired) electrons. The summed E-state index contributed by atoms with van der Waals surface area (Å²) in [5, 5.41) is 4.90. The first-order chi connectivity index (χ1) is 16.5. The minimum absolute atomic E-state index is 0.249. The number of carbonyl (C=O) groups is 1. The van der Waals surface area contributed by atoms with Crippen molar-refractivity contribution in [1.82, 2.24) is 5.32 Å². The van der Waals surface area contributed by atoms with Crippen LogP contribution in [-0.4, -0.2) is 32.3 Å². The molecule has 3 aromatic carbocycles. The van der Waals surface area contributed by atoms with E-state index in [0.29, 0.717) is 41.6 Å². The maximum Gasteiger partial charge on any atom is 0.230 e. The lowest BCUT2D eigenvalue weighted by molar-refractivity contribution is 0.101. The number of nitrogen functional groups attached to an aromatic ring is 1. The van der Waals surface area contributed by atoms with E-state index in [0.717, 1.165) is 22.1 Å². The lowest BCUT2D eigenvalue weighted by Gasteiger charge is -2.07. The zero-order valence-electron chi connectivity index (χ0n) is 18.9. The van der Waals surface area contributed by atoms with Gasteiger partial charge in [-0.15, -0.1) is 0 Å². The lowest BCUT2D eigenvalue weighted by Crippen LogP contribution is -2.19. The minimum Gasteiger partial charge on any atom is -0.452 e. The van der Waals surface area contributed by atoms with Gasteiger partial charge in [0.05, 0.1) is 11.6 Å². The number of hydrogen-bond donors (Lipinski definition) is 3. The monoisotopic (exact) mass is 516 g/mol. The Bertz CT molecular complexity index is 1290. The maximum absolute atomic E-state index is 13.4. The third kappa shape index (κ3) is 5.95. The van der Waals surface area contributed by atoms with Gasteiger partial charge in [-0.05, 0) is 53.8 Å². The Morgan fingerprint density at radius 3 is 2.53 bits per heavy atom. The Morgan fingerprint density at radius 2 is 1.82 bits per heavy atom. The van der Waals surface area contributed by atoms with E-state index in [1.54, 1.807) is 31.6 Å². The molecule has 0 saturated heterocycles. The summed E-state index contributed by atoms with van der Waals surface area (Å²) in [4.78, 5) is 13.4. The summed E-state index contributed by atoms with van der Waals surface area (Å²) in [5.41, 5.74) is 10.3. The summed E-state index contributed by atoms with van der Waals surface area (Å²) < 4.78 is 11.2. The summed E-state index contributed by atoms with van der Waals surface area (Å²) in [5.74, 6) is -0.0456. The highest BCUT2D eigenvalue weighted by Gasteiger charge is 2.24. The Balaban J connectivity index is 0.00000158. The Hall–Kier alpha value is -2.48. The summed E-state index contributed by atoms with van der Waals surface area (Å²) in [6, 6.07) is 18.3. The van der Waals surface area contributed by atoms with Gasteiger partial charge in [-0.3, -0.25) is 4.79 Å². The van der Waals surface area contributed by atoms with Crippen molar-refractivity contribution in [2.75, 3.05) is 32.3 Å². The Kier molecular flexibility index (Phi) is 9.45. The number of methoxy groups -OCH3 is 1. The topological polar surface area (TPSA) is 77.5 Å². The molecule has 5 nitrogen and oxygen atoms in total. The molecule has 0 aliphatic heterocycles. The second-order valence-corrected chi connectivity index (χ2v) is 8.21. The van der Waals surface area contributed by atoms with Crippen LogP contribution in [0, 0.1) is 0 Å². The molecule has 0 aliphatic carbocycles. The molecule has 0 atom stereocenters. The highest BCUT2D eigenvalue weighted by atomic mass is 35.5. The largest absolute Gasteiger partial charge is 0.452 e. The van der Waals surface area contributed by atoms with E-state index >= 15 is 0 Å². The number of rotatable bonds is 8. The molecule has 0 spiro atoms. The SMILES string of the molecule is COCCNCc1c(C(=O)c2ccc(Cl)cc2Cl)oc2cc(-c3cccc(N)c3)ccc12.CS. The molecule has 4 rings (SSSR count). The van der Waals surface area contributed by atoms with Crippen LogP contribution < -0.4 is 11.1 Å². The lowest BCUT2D eigenvalue weighted by atomic mass is 10.0. The smallest absolute Gasteiger partial charge is 0.230 e. The van der Waals surface area contributed by atoms with E-state index in [4.69, 9.17) is 38.1 Å². The fourth-order valence-corrected chi connectivity index (χ4v) is 4.08. The fraction of sp³-hybridized carbons (Fsp3) is 0.192. The van der Waals surface area contributed by atoms with Gasteiger partial charge in [0.15, 0.2) is 5.76 Å². The van der Waals surface area contributed by atoms with Gasteiger partial charge in [-0.1, -0.05) is 47.5 Å². The number of fused-ring (bicyclic) bond motifs is 1. The number of thiol groups is 1. The first-order valence-electron chi connectivity index (χ1n) is 10.5. The van der Waals surface area contributed by atoms with Crippen LogP contribution >= 0.6 is 35.8 Å². The molecular weight excluding hydrogens is 491 g/mol. The Morgan fingerprint density at radius 1 is 1.06 bits per heavy atom. The number of hydrogen-bond acceptors (Lipinski definition) is 6. The molecular formula is C26H26Cl2N2O3S. The van der Waals surface area contributed by atoms with Crippen molar-refractivity contribution < 1.29 is 13.9 Å². The molecule has 0 amide bonds. The zero-order chi connectivity index (χ0) is 24.7. The molecule has 34 heavy (non-hydrogen) atoms. The van der Waals surface area contributed by atoms with Crippen LogP contribution in [0.25, 0.3) is 22.1 Å². The third-order valence-electron chi connectivity index (χ3n) is 5.18. The van der Waals surface area contributed by atoms with Gasteiger partial charge in [0.2, 0.25) is 5.78 Å². The van der Waals surface area contributed by atoms with Crippen molar-refractivity contribution in [1.29, 1.82) is 0 Å². The summed E-state index contributed by atoms with van der Waals surface area (Å²) in [7, 11) is 1.64. The van der Waals surface area contributed by atoms with E-state index < -0.39 is 0 Å². The van der Waals surface area contributed by atoms with E-state index in [-0.39, 0.29) is 16.6 Å². The average Bonchev–Trinajstić information content (AvgIpc) is 3.20. The molecule has 0 aliphatic rings. The van der Waals surface area contributed by atoms with Gasteiger partial charge in [0, 0.05) is 47.4 Å². The predicted molar refractivity (Wildman–Crippen MR) is 144 cm³/mol. The number of nitrogens with one attached hydrogen (secondary N) is 1. The van der Waals surface area contributed by atoms with Crippen molar-refractivity contribution in [2.24, 2.45) is 0 Å². The molecule has 1 aromatic heterocycles. The number of ketones is 1. The summed E-state index contributed by atoms with van der Waals surface area (Å²) in [6.45, 7) is 1.64. The number of ether oxygens (including phenoxy) is 1. The van der Waals surface area contributed by atoms with Gasteiger partial charge in [0.25, 0.3) is 0 Å². The number of benzene rings is 3. The van der Waals surface area contributed by atoms with Gasteiger partial charge < -0.3 is 20.2 Å². The third-order valence-corrected chi connectivity index (χ3v) is 5.73. The molecule has 0 bridgehead atoms. The van der Waals surface area contributed by atoms with Gasteiger partial charge >= 0.3 is 0 Å². The molecule has 0 saturated carbocycles. The molecule has 8 heteroatoms. The standard InChI is InChI=1S/C25H22Cl2N2O3.CH4S/c1-31-10-9-29-14-21-19-7-5-16(15-3-2-4-18(28)11-15)12-23(19)32-25(21)24(30)20-8-6-17(26)13-22(20)27;1-2/h2-8,11-13,29H,9-10,14,28H2,1H3;2H,1H3. The molecule has 0 fully saturated rings.